The van der Waals surface area contributed by atoms with E-state index >= 15 is 0 Å². The van der Waals surface area contributed by atoms with Crippen LogP contribution in [0.2, 0.25) is 0 Å². The molecule has 1 N–H and O–H groups in total. The van der Waals surface area contributed by atoms with Crippen molar-refractivity contribution < 1.29 is 18.7 Å². The molecule has 1 saturated heterocycles. The number of benzene rings is 3. The van der Waals surface area contributed by atoms with Crippen LogP contribution in [0.4, 0.5) is 10.1 Å². The fourth-order valence-corrected chi connectivity index (χ4v) is 4.86. The summed E-state index contributed by atoms with van der Waals surface area (Å²) in [6.45, 7) is 0.397. The number of carbonyl (C=O) groups is 1. The van der Waals surface area contributed by atoms with Crippen molar-refractivity contribution in [1.82, 2.24) is 5.32 Å². The average Bonchev–Trinajstić information content (AvgIpc) is 3.14. The number of halogens is 3. The Balaban J connectivity index is 1.54. The molecule has 0 aromatic heterocycles. The van der Waals surface area contributed by atoms with E-state index in [-0.39, 0.29) is 11.6 Å². The van der Waals surface area contributed by atoms with Gasteiger partial charge in [-0.25, -0.2) is 9.38 Å². The van der Waals surface area contributed by atoms with E-state index in [0.29, 0.717) is 28.2 Å². The SMILES string of the molecule is COc1cc(/C=C2\SC(=Nc3ccccc3F)NC2=O)cc(I)c1OCc1ccc(Br)cc1. The topological polar surface area (TPSA) is 59.9 Å². The summed E-state index contributed by atoms with van der Waals surface area (Å²) in [6.07, 6.45) is 1.74. The van der Waals surface area contributed by atoms with Gasteiger partial charge in [-0.1, -0.05) is 40.2 Å². The molecule has 0 spiro atoms. The first-order valence-corrected chi connectivity index (χ1v) is 12.4. The zero-order chi connectivity index (χ0) is 23.4. The highest BCUT2D eigenvalue weighted by Gasteiger charge is 2.24. The van der Waals surface area contributed by atoms with Crippen LogP contribution in [0.25, 0.3) is 6.08 Å². The molecule has 0 radical (unpaired) electrons. The fourth-order valence-electron chi connectivity index (χ4n) is 2.98. The molecule has 9 heteroatoms. The molecule has 0 atom stereocenters. The Kier molecular flexibility index (Phi) is 7.71. The Labute approximate surface area is 216 Å². The van der Waals surface area contributed by atoms with Crippen molar-refractivity contribution in [2.24, 2.45) is 4.99 Å². The number of para-hydroxylation sites is 1. The van der Waals surface area contributed by atoms with E-state index in [4.69, 9.17) is 9.47 Å². The van der Waals surface area contributed by atoms with Crippen molar-refractivity contribution in [3.8, 4) is 11.5 Å². The zero-order valence-corrected chi connectivity index (χ0v) is 21.8. The summed E-state index contributed by atoms with van der Waals surface area (Å²) in [5, 5.41) is 3.00. The summed E-state index contributed by atoms with van der Waals surface area (Å²) in [5.41, 5.74) is 1.98. The van der Waals surface area contributed by atoms with Crippen LogP contribution in [0, 0.1) is 9.39 Å². The van der Waals surface area contributed by atoms with E-state index in [1.54, 1.807) is 31.4 Å². The summed E-state index contributed by atoms with van der Waals surface area (Å²) >= 11 is 6.76. The summed E-state index contributed by atoms with van der Waals surface area (Å²) in [7, 11) is 1.57. The summed E-state index contributed by atoms with van der Waals surface area (Å²) in [4.78, 5) is 17.1. The smallest absolute Gasteiger partial charge is 0.264 e. The summed E-state index contributed by atoms with van der Waals surface area (Å²) in [6, 6.07) is 17.8. The number of nitrogens with zero attached hydrogens (tertiary/aromatic N) is 1. The van der Waals surface area contributed by atoms with Gasteiger partial charge in [-0.15, -0.1) is 0 Å². The van der Waals surface area contributed by atoms with Crippen LogP contribution in [0.1, 0.15) is 11.1 Å². The monoisotopic (exact) mass is 638 g/mol. The first-order valence-electron chi connectivity index (χ1n) is 9.72. The highest BCUT2D eigenvalue weighted by molar-refractivity contribution is 14.1. The number of carbonyl (C=O) groups excluding carboxylic acids is 1. The average molecular weight is 639 g/mol. The van der Waals surface area contributed by atoms with Gasteiger partial charge in [0.25, 0.3) is 5.91 Å². The van der Waals surface area contributed by atoms with Gasteiger partial charge in [0.15, 0.2) is 16.7 Å². The van der Waals surface area contributed by atoms with E-state index in [2.05, 4.69) is 48.8 Å². The van der Waals surface area contributed by atoms with Crippen molar-refractivity contribution in [1.29, 1.82) is 0 Å². The number of methoxy groups -OCH3 is 1. The van der Waals surface area contributed by atoms with Crippen molar-refractivity contribution in [3.05, 3.63) is 90.6 Å². The lowest BCUT2D eigenvalue weighted by atomic mass is 10.2. The molecule has 5 nitrogen and oxygen atoms in total. The third kappa shape index (κ3) is 5.96. The van der Waals surface area contributed by atoms with Crippen LogP contribution in [-0.4, -0.2) is 18.2 Å². The predicted octanol–water partition coefficient (Wildman–Crippen LogP) is 6.67. The predicted molar refractivity (Wildman–Crippen MR) is 141 cm³/mol. The van der Waals surface area contributed by atoms with Crippen LogP contribution in [-0.2, 0) is 11.4 Å². The molecule has 33 heavy (non-hydrogen) atoms. The lowest BCUT2D eigenvalue weighted by molar-refractivity contribution is -0.115. The van der Waals surface area contributed by atoms with Crippen molar-refractivity contribution in [2.75, 3.05) is 7.11 Å². The lowest BCUT2D eigenvalue weighted by Gasteiger charge is -2.14. The van der Waals surface area contributed by atoms with Gasteiger partial charge in [0, 0.05) is 4.47 Å². The maximum absolute atomic E-state index is 13.9. The number of amides is 1. The van der Waals surface area contributed by atoms with Crippen LogP contribution in [0.5, 0.6) is 11.5 Å². The first-order chi connectivity index (χ1) is 15.9. The van der Waals surface area contributed by atoms with Crippen LogP contribution in [0.15, 0.2) is 75.0 Å². The molecule has 0 saturated carbocycles. The van der Waals surface area contributed by atoms with Gasteiger partial charge < -0.3 is 14.8 Å². The lowest BCUT2D eigenvalue weighted by Crippen LogP contribution is -2.19. The van der Waals surface area contributed by atoms with Gasteiger partial charge in [0.1, 0.15) is 18.1 Å². The Hall–Kier alpha value is -2.37. The first kappa shape index (κ1) is 23.8. The van der Waals surface area contributed by atoms with Gasteiger partial charge in [0.05, 0.1) is 15.6 Å². The molecule has 0 bridgehead atoms. The molecule has 3 aromatic rings. The minimum atomic E-state index is -0.449. The largest absolute Gasteiger partial charge is 0.493 e. The zero-order valence-electron chi connectivity index (χ0n) is 17.3. The number of nitrogens with one attached hydrogen (secondary N) is 1. The van der Waals surface area contributed by atoms with E-state index in [1.807, 2.05) is 36.4 Å². The van der Waals surface area contributed by atoms with Gasteiger partial charge in [-0.05, 0) is 88.0 Å². The van der Waals surface area contributed by atoms with Crippen LogP contribution >= 0.6 is 50.3 Å². The number of aliphatic imine (C=N–C) groups is 1. The number of rotatable bonds is 6. The highest BCUT2D eigenvalue weighted by atomic mass is 127. The van der Waals surface area contributed by atoms with Crippen molar-refractivity contribution in [2.45, 2.75) is 6.61 Å². The highest BCUT2D eigenvalue weighted by Crippen LogP contribution is 2.36. The second-order valence-electron chi connectivity index (χ2n) is 6.88. The Morgan fingerprint density at radius 1 is 1.18 bits per heavy atom. The van der Waals surface area contributed by atoms with Gasteiger partial charge in [0.2, 0.25) is 0 Å². The van der Waals surface area contributed by atoms with Crippen molar-refractivity contribution in [3.63, 3.8) is 0 Å². The molecule has 1 heterocycles. The number of amidine groups is 1. The van der Waals surface area contributed by atoms with E-state index < -0.39 is 5.82 Å². The molecular formula is C24H17BrFIN2O3S. The molecule has 1 amide bonds. The Bertz CT molecular complexity index is 1270. The number of ether oxygens (including phenoxy) is 2. The summed E-state index contributed by atoms with van der Waals surface area (Å²) in [5.74, 6) is 0.456. The maximum Gasteiger partial charge on any atom is 0.264 e. The second kappa shape index (κ2) is 10.7. The third-order valence-corrected chi connectivity index (χ3v) is 6.81. The molecule has 3 aromatic carbocycles. The molecule has 1 aliphatic heterocycles. The van der Waals surface area contributed by atoms with Crippen molar-refractivity contribution >= 4 is 73.1 Å². The maximum atomic E-state index is 13.9. The third-order valence-electron chi connectivity index (χ3n) is 4.57. The molecule has 0 unspecified atom stereocenters. The van der Waals surface area contributed by atoms with Crippen LogP contribution in [0.3, 0.4) is 0 Å². The molecule has 4 rings (SSSR count). The van der Waals surface area contributed by atoms with Gasteiger partial charge in [-0.3, -0.25) is 4.79 Å². The second-order valence-corrected chi connectivity index (χ2v) is 9.99. The van der Waals surface area contributed by atoms with E-state index in [0.717, 1.165) is 30.9 Å². The number of hydrogen-bond donors (Lipinski definition) is 1. The van der Waals surface area contributed by atoms with Crippen LogP contribution < -0.4 is 14.8 Å². The minimum Gasteiger partial charge on any atom is -0.493 e. The standard InChI is InChI=1S/C24H17BrFIN2O3S/c1-31-20-11-15(10-18(27)22(20)32-13-14-6-8-16(25)9-7-14)12-21-23(30)29-24(33-21)28-19-5-3-2-4-17(19)26/h2-12H,13H2,1H3,(H,28,29,30)/b21-12-. The van der Waals surface area contributed by atoms with Gasteiger partial charge in [-0.2, -0.15) is 0 Å². The number of thioether (sulfide) groups is 1. The number of hydrogen-bond acceptors (Lipinski definition) is 5. The Morgan fingerprint density at radius 3 is 2.67 bits per heavy atom. The quantitative estimate of drug-likeness (QED) is 0.242. The molecule has 1 fully saturated rings. The Morgan fingerprint density at radius 2 is 1.94 bits per heavy atom. The minimum absolute atomic E-state index is 0.171. The molecule has 1 aliphatic rings. The molecule has 168 valence electrons. The van der Waals surface area contributed by atoms with E-state index in [1.165, 1.54) is 6.07 Å². The fraction of sp³-hybridized carbons (Fsp3) is 0.0833. The summed E-state index contributed by atoms with van der Waals surface area (Å²) < 4.78 is 27.3. The molecular weight excluding hydrogens is 622 g/mol. The normalized spacial score (nSPS) is 15.7. The molecule has 0 aliphatic carbocycles. The van der Waals surface area contributed by atoms with E-state index in [9.17, 15) is 9.18 Å². The van der Waals surface area contributed by atoms with Gasteiger partial charge >= 0.3 is 0 Å².